The highest BCUT2D eigenvalue weighted by Gasteiger charge is 2.34. The summed E-state index contributed by atoms with van der Waals surface area (Å²) in [5.41, 5.74) is 7.76. The number of nitrogens with two attached hydrogens (primary N) is 1. The van der Waals surface area contributed by atoms with Crippen LogP contribution in [-0.2, 0) is 0 Å². The molecule has 3 heterocycles. The second-order valence-corrected chi connectivity index (χ2v) is 5.66. The molecule has 2 unspecified atom stereocenters. The summed E-state index contributed by atoms with van der Waals surface area (Å²) < 4.78 is 0. The van der Waals surface area contributed by atoms with Crippen molar-refractivity contribution in [1.29, 1.82) is 0 Å². The SMILES string of the molecule is CN1CCCC2CN(c3cncc(N)c3)CCC21. The van der Waals surface area contributed by atoms with Gasteiger partial charge in [-0.2, -0.15) is 0 Å². The van der Waals surface area contributed by atoms with Crippen LogP contribution in [0.3, 0.4) is 0 Å². The summed E-state index contributed by atoms with van der Waals surface area (Å²) in [7, 11) is 2.27. The van der Waals surface area contributed by atoms with Crippen molar-refractivity contribution in [3.63, 3.8) is 0 Å². The Morgan fingerprint density at radius 3 is 3.00 bits per heavy atom. The first kappa shape index (κ1) is 11.8. The molecule has 18 heavy (non-hydrogen) atoms. The lowest BCUT2D eigenvalue weighted by molar-refractivity contribution is 0.102. The zero-order valence-electron chi connectivity index (χ0n) is 11.0. The highest BCUT2D eigenvalue weighted by Crippen LogP contribution is 2.31. The predicted octanol–water partition coefficient (Wildman–Crippen LogP) is 1.58. The molecule has 2 N–H and O–H groups in total. The fourth-order valence-corrected chi connectivity index (χ4v) is 3.50. The molecule has 2 aliphatic heterocycles. The fraction of sp³-hybridized carbons (Fsp3) is 0.643. The molecular weight excluding hydrogens is 224 g/mol. The van der Waals surface area contributed by atoms with Gasteiger partial charge in [0.15, 0.2) is 0 Å². The average Bonchev–Trinajstić information content (AvgIpc) is 2.39. The van der Waals surface area contributed by atoms with E-state index in [-0.39, 0.29) is 0 Å². The maximum Gasteiger partial charge on any atom is 0.0573 e. The number of rotatable bonds is 1. The first-order valence-corrected chi connectivity index (χ1v) is 6.90. The van der Waals surface area contributed by atoms with Gasteiger partial charge in [0.1, 0.15) is 0 Å². The Kier molecular flexibility index (Phi) is 3.12. The second kappa shape index (κ2) is 4.76. The van der Waals surface area contributed by atoms with Gasteiger partial charge in [-0.15, -0.1) is 0 Å². The van der Waals surface area contributed by atoms with Crippen LogP contribution in [0.15, 0.2) is 18.5 Å². The number of fused-ring (bicyclic) bond motifs is 1. The third kappa shape index (κ3) is 2.17. The van der Waals surface area contributed by atoms with Gasteiger partial charge in [-0.25, -0.2) is 0 Å². The standard InChI is InChI=1S/C14H22N4/c1-17-5-2-3-11-10-18(6-4-14(11)17)13-7-12(15)8-16-9-13/h7-9,11,14H,2-6,10,15H2,1H3. The first-order chi connectivity index (χ1) is 8.74. The van der Waals surface area contributed by atoms with E-state index in [1.165, 1.54) is 31.5 Å². The van der Waals surface area contributed by atoms with E-state index in [9.17, 15) is 0 Å². The Balaban J connectivity index is 1.74. The molecule has 1 aromatic heterocycles. The van der Waals surface area contributed by atoms with Gasteiger partial charge >= 0.3 is 0 Å². The Hall–Kier alpha value is -1.29. The van der Waals surface area contributed by atoms with Crippen molar-refractivity contribution >= 4 is 11.4 Å². The second-order valence-electron chi connectivity index (χ2n) is 5.66. The molecule has 0 aromatic carbocycles. The number of nitrogen functional groups attached to an aromatic ring is 1. The minimum absolute atomic E-state index is 0.760. The summed E-state index contributed by atoms with van der Waals surface area (Å²) in [6.07, 6.45) is 7.60. The lowest BCUT2D eigenvalue weighted by Gasteiger charge is -2.46. The molecule has 98 valence electrons. The number of aromatic nitrogens is 1. The van der Waals surface area contributed by atoms with E-state index in [1.54, 1.807) is 6.20 Å². The highest BCUT2D eigenvalue weighted by atomic mass is 15.2. The summed E-state index contributed by atoms with van der Waals surface area (Å²) in [5, 5.41) is 0. The number of likely N-dealkylation sites (tertiary alicyclic amines) is 1. The first-order valence-electron chi connectivity index (χ1n) is 6.90. The van der Waals surface area contributed by atoms with E-state index in [0.29, 0.717) is 0 Å². The van der Waals surface area contributed by atoms with Crippen molar-refractivity contribution in [2.24, 2.45) is 5.92 Å². The largest absolute Gasteiger partial charge is 0.397 e. The summed E-state index contributed by atoms with van der Waals surface area (Å²) in [6.45, 7) is 3.54. The topological polar surface area (TPSA) is 45.4 Å². The molecule has 0 radical (unpaired) electrons. The number of pyridine rings is 1. The van der Waals surface area contributed by atoms with Crippen LogP contribution in [0.4, 0.5) is 11.4 Å². The molecule has 0 spiro atoms. The van der Waals surface area contributed by atoms with Gasteiger partial charge in [-0.05, 0) is 44.8 Å². The molecule has 2 fully saturated rings. The molecule has 1 aromatic rings. The van der Waals surface area contributed by atoms with Gasteiger partial charge in [-0.3, -0.25) is 4.98 Å². The molecule has 4 heteroatoms. The van der Waals surface area contributed by atoms with Crippen LogP contribution in [0.25, 0.3) is 0 Å². The lowest BCUT2D eigenvalue weighted by Crippen LogP contribution is -2.52. The van der Waals surface area contributed by atoms with Crippen LogP contribution in [0.2, 0.25) is 0 Å². The van der Waals surface area contributed by atoms with E-state index in [2.05, 4.69) is 21.8 Å². The van der Waals surface area contributed by atoms with Crippen molar-refractivity contribution in [2.45, 2.75) is 25.3 Å². The summed E-state index contributed by atoms with van der Waals surface area (Å²) in [6, 6.07) is 2.82. The van der Waals surface area contributed by atoms with Gasteiger partial charge in [-0.1, -0.05) is 0 Å². The minimum atomic E-state index is 0.760. The van der Waals surface area contributed by atoms with E-state index in [0.717, 1.165) is 30.7 Å². The Morgan fingerprint density at radius 1 is 1.28 bits per heavy atom. The molecule has 2 saturated heterocycles. The van der Waals surface area contributed by atoms with E-state index in [1.807, 2.05) is 12.3 Å². The van der Waals surface area contributed by atoms with Crippen molar-refractivity contribution in [3.05, 3.63) is 18.5 Å². The quantitative estimate of drug-likeness (QED) is 0.817. The molecular formula is C14H22N4. The minimum Gasteiger partial charge on any atom is -0.397 e. The summed E-state index contributed by atoms with van der Waals surface area (Å²) in [4.78, 5) is 9.19. The average molecular weight is 246 g/mol. The van der Waals surface area contributed by atoms with Crippen LogP contribution in [0.5, 0.6) is 0 Å². The van der Waals surface area contributed by atoms with Gasteiger partial charge in [0, 0.05) is 25.3 Å². The number of nitrogens with zero attached hydrogens (tertiary/aromatic N) is 3. The zero-order valence-corrected chi connectivity index (χ0v) is 11.0. The fourth-order valence-electron chi connectivity index (χ4n) is 3.50. The Morgan fingerprint density at radius 2 is 2.17 bits per heavy atom. The Labute approximate surface area is 109 Å². The lowest BCUT2D eigenvalue weighted by atomic mass is 9.84. The molecule has 3 rings (SSSR count). The molecule has 0 aliphatic carbocycles. The molecule has 2 atom stereocenters. The molecule has 0 bridgehead atoms. The van der Waals surface area contributed by atoms with Crippen molar-refractivity contribution in [2.75, 3.05) is 37.3 Å². The normalized spacial score (nSPS) is 29.1. The number of hydrogen-bond acceptors (Lipinski definition) is 4. The van der Waals surface area contributed by atoms with Crippen LogP contribution in [-0.4, -0.2) is 42.6 Å². The van der Waals surface area contributed by atoms with Gasteiger partial charge < -0.3 is 15.5 Å². The highest BCUT2D eigenvalue weighted by molar-refractivity contribution is 5.53. The van der Waals surface area contributed by atoms with Gasteiger partial charge in [0.25, 0.3) is 0 Å². The van der Waals surface area contributed by atoms with Crippen LogP contribution >= 0.6 is 0 Å². The van der Waals surface area contributed by atoms with E-state index in [4.69, 9.17) is 5.73 Å². The van der Waals surface area contributed by atoms with Gasteiger partial charge in [0.05, 0.1) is 17.6 Å². The number of anilines is 2. The maximum atomic E-state index is 5.82. The molecule has 0 amide bonds. The third-order valence-electron chi connectivity index (χ3n) is 4.46. The molecule has 2 aliphatic rings. The predicted molar refractivity (Wildman–Crippen MR) is 74.6 cm³/mol. The molecule has 0 saturated carbocycles. The van der Waals surface area contributed by atoms with Gasteiger partial charge in [0.2, 0.25) is 0 Å². The maximum absolute atomic E-state index is 5.82. The van der Waals surface area contributed by atoms with Crippen LogP contribution in [0.1, 0.15) is 19.3 Å². The van der Waals surface area contributed by atoms with Crippen LogP contribution in [0, 0.1) is 5.92 Å². The smallest absolute Gasteiger partial charge is 0.0573 e. The summed E-state index contributed by atoms with van der Waals surface area (Å²) in [5.74, 6) is 0.805. The monoisotopic (exact) mass is 246 g/mol. The third-order valence-corrected chi connectivity index (χ3v) is 4.46. The van der Waals surface area contributed by atoms with Crippen LogP contribution < -0.4 is 10.6 Å². The zero-order chi connectivity index (χ0) is 12.5. The Bertz CT molecular complexity index is 420. The number of piperidine rings is 2. The van der Waals surface area contributed by atoms with Crippen molar-refractivity contribution in [3.8, 4) is 0 Å². The number of hydrogen-bond donors (Lipinski definition) is 1. The van der Waals surface area contributed by atoms with E-state index < -0.39 is 0 Å². The van der Waals surface area contributed by atoms with Crippen molar-refractivity contribution < 1.29 is 0 Å². The molecule has 4 nitrogen and oxygen atoms in total. The van der Waals surface area contributed by atoms with Crippen molar-refractivity contribution in [1.82, 2.24) is 9.88 Å². The van der Waals surface area contributed by atoms with E-state index >= 15 is 0 Å². The summed E-state index contributed by atoms with van der Waals surface area (Å²) >= 11 is 0.